The van der Waals surface area contributed by atoms with E-state index in [2.05, 4.69) is 10.3 Å². The molecule has 2 aromatic rings. The molecular formula is C31H42F2N6O6S. The largest absolute Gasteiger partial charge is 0.441 e. The number of ether oxygens (including phenoxy) is 1. The van der Waals surface area contributed by atoms with E-state index in [-0.39, 0.29) is 74.5 Å². The number of alkyl halides is 2. The summed E-state index contributed by atoms with van der Waals surface area (Å²) in [6.07, 6.45) is 0.711. The average molecular weight is 665 g/mol. The van der Waals surface area contributed by atoms with Crippen molar-refractivity contribution in [3.8, 4) is 0 Å². The molecule has 1 atom stereocenters. The van der Waals surface area contributed by atoms with Crippen LogP contribution in [0.15, 0.2) is 41.3 Å². The third-order valence-corrected chi connectivity index (χ3v) is 11.0. The number of aliphatic hydroxyl groups excluding tert-OH is 1. The normalized spacial score (nSPS) is 23.0. The second-order valence-corrected chi connectivity index (χ2v) is 14.1. The fraction of sp³-hybridized carbons (Fsp3) is 0.581. The Morgan fingerprint density at radius 2 is 1.78 bits per heavy atom. The lowest BCUT2D eigenvalue weighted by Crippen LogP contribution is -2.49. The zero-order valence-corrected chi connectivity index (χ0v) is 26.7. The van der Waals surface area contributed by atoms with Gasteiger partial charge in [0.05, 0.1) is 18.0 Å². The van der Waals surface area contributed by atoms with E-state index in [1.54, 1.807) is 6.92 Å². The van der Waals surface area contributed by atoms with Crippen LogP contribution in [0.2, 0.25) is 0 Å². The van der Waals surface area contributed by atoms with E-state index in [9.17, 15) is 23.1 Å². The number of pyridine rings is 1. The summed E-state index contributed by atoms with van der Waals surface area (Å²) >= 11 is 0. The number of aromatic nitrogens is 1. The van der Waals surface area contributed by atoms with Gasteiger partial charge in [0.1, 0.15) is 11.9 Å². The van der Waals surface area contributed by atoms with E-state index in [4.69, 9.17) is 10.5 Å². The molecule has 2 aliphatic heterocycles. The molecule has 2 saturated heterocycles. The molecule has 1 aromatic heterocycles. The first-order valence-electron chi connectivity index (χ1n) is 15.7. The molecule has 2 amide bonds. The highest BCUT2D eigenvalue weighted by Gasteiger charge is 2.44. The maximum absolute atomic E-state index is 15.8. The number of nitrogens with two attached hydrogens (primary N) is 1. The molecular weight excluding hydrogens is 622 g/mol. The van der Waals surface area contributed by atoms with Gasteiger partial charge in [-0.1, -0.05) is 0 Å². The lowest BCUT2D eigenvalue weighted by molar-refractivity contribution is -0.129. The fourth-order valence-corrected chi connectivity index (χ4v) is 7.77. The Morgan fingerprint density at radius 3 is 2.39 bits per heavy atom. The fourth-order valence-electron chi connectivity index (χ4n) is 6.35. The van der Waals surface area contributed by atoms with E-state index in [1.807, 2.05) is 4.90 Å². The number of nitrogens with zero attached hydrogens (tertiary/aromatic N) is 4. The highest BCUT2D eigenvalue weighted by atomic mass is 32.2. The number of halogens is 2. The Bertz CT molecular complexity index is 1500. The quantitative estimate of drug-likeness (QED) is 0.307. The van der Waals surface area contributed by atoms with E-state index >= 15 is 8.78 Å². The minimum absolute atomic E-state index is 0.0642. The molecule has 0 bridgehead atoms. The first-order chi connectivity index (χ1) is 21.9. The van der Waals surface area contributed by atoms with Crippen molar-refractivity contribution in [3.63, 3.8) is 0 Å². The van der Waals surface area contributed by atoms with Gasteiger partial charge in [-0.25, -0.2) is 27.0 Å². The smallest absolute Gasteiger partial charge is 0.414 e. The third kappa shape index (κ3) is 7.27. The van der Waals surface area contributed by atoms with Crippen molar-refractivity contribution in [1.82, 2.24) is 14.6 Å². The molecule has 0 unspecified atom stereocenters. The van der Waals surface area contributed by atoms with Crippen molar-refractivity contribution in [3.05, 3.63) is 47.7 Å². The number of rotatable bonds is 11. The van der Waals surface area contributed by atoms with Crippen LogP contribution in [0.5, 0.6) is 0 Å². The number of benzene rings is 1. The Kier molecular flexibility index (Phi) is 10.4. The van der Waals surface area contributed by atoms with Gasteiger partial charge < -0.3 is 25.8 Å². The molecule has 1 aromatic carbocycles. The number of aliphatic hydroxyl groups is 1. The Morgan fingerprint density at radius 1 is 1.11 bits per heavy atom. The number of sulfonamides is 1. The zero-order valence-electron chi connectivity index (χ0n) is 25.9. The van der Waals surface area contributed by atoms with Crippen molar-refractivity contribution in [2.24, 2.45) is 17.6 Å². The van der Waals surface area contributed by atoms with Gasteiger partial charge in [-0.05, 0) is 82.0 Å². The van der Waals surface area contributed by atoms with Crippen molar-refractivity contribution < 1.29 is 36.6 Å². The van der Waals surface area contributed by atoms with Crippen LogP contribution in [0.1, 0.15) is 43.4 Å². The number of carbonyl (C=O) groups is 2. The summed E-state index contributed by atoms with van der Waals surface area (Å²) in [7, 11) is -3.85. The maximum atomic E-state index is 15.8. The molecule has 12 nitrogen and oxygen atoms in total. The third-order valence-electron chi connectivity index (χ3n) is 9.04. The first-order valence-corrected chi connectivity index (χ1v) is 17.2. The summed E-state index contributed by atoms with van der Waals surface area (Å²) in [5.41, 5.74) is 6.26. The number of aryl methyl sites for hydroxylation is 1. The number of hydrogen-bond acceptors (Lipinski definition) is 9. The van der Waals surface area contributed by atoms with E-state index in [0.717, 1.165) is 0 Å². The van der Waals surface area contributed by atoms with Crippen LogP contribution in [-0.4, -0.2) is 93.3 Å². The topological polar surface area (TPSA) is 158 Å². The van der Waals surface area contributed by atoms with Gasteiger partial charge in [-0.3, -0.25) is 9.69 Å². The number of cyclic esters (lactones) is 1. The molecule has 0 spiro atoms. The number of anilines is 2. The van der Waals surface area contributed by atoms with Crippen LogP contribution < -0.4 is 20.9 Å². The standard InChI is InChI=1S/C31H42F2N6O6S/c1-21-17-24(31(32,33)23-5-3-22(4-6-23)29(41)35-12-2-11-34)18-28(36-21)37-13-15-38(16-14-37)46(43,44)27-9-7-25(8-10-27)39-19-26(20-40)45-30(39)42/h7-10,17-18,22-23,26,40H,2-6,11-16,19-20,34H2,1H3,(H,35,41)/t22?,23?,26-/m0/s1. The molecule has 0 radical (unpaired) electrons. The molecule has 3 heterocycles. The van der Waals surface area contributed by atoms with E-state index in [0.29, 0.717) is 49.6 Å². The number of nitrogens with one attached hydrogen (secondary N) is 1. The van der Waals surface area contributed by atoms with Gasteiger partial charge in [-0.2, -0.15) is 4.31 Å². The second kappa shape index (κ2) is 14.2. The second-order valence-electron chi connectivity index (χ2n) is 12.1. The summed E-state index contributed by atoms with van der Waals surface area (Å²) in [6, 6.07) is 8.71. The number of piperazine rings is 1. The molecule has 252 valence electrons. The molecule has 4 N–H and O–H groups in total. The number of hydrogen-bond donors (Lipinski definition) is 3. The minimum atomic E-state index is -3.85. The zero-order chi connectivity index (χ0) is 33.1. The molecule has 15 heteroatoms. The summed E-state index contributed by atoms with van der Waals surface area (Å²) < 4.78 is 64.9. The monoisotopic (exact) mass is 664 g/mol. The molecule has 1 aliphatic carbocycles. The van der Waals surface area contributed by atoms with Crippen LogP contribution in [0.25, 0.3) is 0 Å². The van der Waals surface area contributed by atoms with E-state index in [1.165, 1.54) is 45.6 Å². The molecule has 1 saturated carbocycles. The van der Waals surface area contributed by atoms with Crippen molar-refractivity contribution in [1.29, 1.82) is 0 Å². The van der Waals surface area contributed by atoms with Crippen LogP contribution >= 0.6 is 0 Å². The molecule has 3 fully saturated rings. The summed E-state index contributed by atoms with van der Waals surface area (Å²) in [4.78, 5) is 32.2. The molecule has 46 heavy (non-hydrogen) atoms. The van der Waals surface area contributed by atoms with Gasteiger partial charge in [0.15, 0.2) is 0 Å². The SMILES string of the molecule is Cc1cc(C(F)(F)C2CCC(C(=O)NCCCN)CC2)cc(N2CCN(S(=O)(=O)c3ccc(N4C[C@@H](CO)OC4=O)cc3)CC2)n1. The average Bonchev–Trinajstić information content (AvgIpc) is 3.45. The van der Waals surface area contributed by atoms with Gasteiger partial charge in [0.25, 0.3) is 5.92 Å². The van der Waals surface area contributed by atoms with Crippen LogP contribution in [0, 0.1) is 18.8 Å². The van der Waals surface area contributed by atoms with Crippen LogP contribution in [-0.2, 0) is 25.5 Å². The Balaban J connectivity index is 1.20. The predicted octanol–water partition coefficient (Wildman–Crippen LogP) is 2.58. The minimum Gasteiger partial charge on any atom is -0.441 e. The Labute approximate surface area is 267 Å². The number of carbonyl (C=O) groups excluding carboxylic acids is 2. The van der Waals surface area contributed by atoms with Gasteiger partial charge >= 0.3 is 6.09 Å². The molecule has 3 aliphatic rings. The summed E-state index contributed by atoms with van der Waals surface area (Å²) in [6.45, 7) is 3.31. The first kappa shape index (κ1) is 33.9. The van der Waals surface area contributed by atoms with Crippen molar-refractivity contribution in [2.75, 3.05) is 62.2 Å². The van der Waals surface area contributed by atoms with Crippen LogP contribution in [0.4, 0.5) is 25.1 Å². The van der Waals surface area contributed by atoms with Crippen molar-refractivity contribution >= 4 is 33.5 Å². The maximum Gasteiger partial charge on any atom is 0.414 e. The predicted molar refractivity (Wildman–Crippen MR) is 167 cm³/mol. The van der Waals surface area contributed by atoms with E-state index < -0.39 is 34.1 Å². The summed E-state index contributed by atoms with van der Waals surface area (Å²) in [5.74, 6) is -3.99. The highest BCUT2D eigenvalue weighted by molar-refractivity contribution is 7.89. The van der Waals surface area contributed by atoms with Gasteiger partial charge in [0.2, 0.25) is 15.9 Å². The number of amides is 2. The summed E-state index contributed by atoms with van der Waals surface area (Å²) in [5, 5.41) is 12.1. The van der Waals surface area contributed by atoms with Gasteiger partial charge in [-0.15, -0.1) is 0 Å². The Hall–Kier alpha value is -3.40. The van der Waals surface area contributed by atoms with Gasteiger partial charge in [0, 0.05) is 61.5 Å². The van der Waals surface area contributed by atoms with Crippen molar-refractivity contribution in [2.45, 2.75) is 55.9 Å². The lowest BCUT2D eigenvalue weighted by Gasteiger charge is -2.36. The lowest BCUT2D eigenvalue weighted by atomic mass is 9.77. The molecule has 5 rings (SSSR count). The van der Waals surface area contributed by atoms with Crippen LogP contribution in [0.3, 0.4) is 0 Å². The highest BCUT2D eigenvalue weighted by Crippen LogP contribution is 2.45.